The molecule has 4 nitrogen and oxygen atoms in total. The summed E-state index contributed by atoms with van der Waals surface area (Å²) in [6.07, 6.45) is 6.98. The molecule has 19 heavy (non-hydrogen) atoms. The standard InChI is InChI=1S/C15H24N2O2/c1-11(2)10-16-13-9-14(18)17(15(13)19)12-7-5-3-4-6-8-12/h12-13,16H,1,3-10H2,2H3. The van der Waals surface area contributed by atoms with Crippen LogP contribution in [0, 0.1) is 0 Å². The van der Waals surface area contributed by atoms with Crippen molar-refractivity contribution in [1.29, 1.82) is 0 Å². The monoisotopic (exact) mass is 264 g/mol. The van der Waals surface area contributed by atoms with Crippen molar-refractivity contribution in [2.45, 2.75) is 64.0 Å². The van der Waals surface area contributed by atoms with Crippen LogP contribution in [0.2, 0.25) is 0 Å². The van der Waals surface area contributed by atoms with E-state index in [2.05, 4.69) is 11.9 Å². The van der Waals surface area contributed by atoms with E-state index in [-0.39, 0.29) is 23.9 Å². The molecule has 1 aliphatic heterocycles. The number of carbonyl (C=O) groups excluding carboxylic acids is 2. The molecule has 0 radical (unpaired) electrons. The van der Waals surface area contributed by atoms with Crippen molar-refractivity contribution in [1.82, 2.24) is 10.2 Å². The zero-order valence-electron chi connectivity index (χ0n) is 11.8. The fraction of sp³-hybridized carbons (Fsp3) is 0.733. The van der Waals surface area contributed by atoms with Gasteiger partial charge in [0, 0.05) is 12.6 Å². The number of amides is 2. The molecular formula is C15H24N2O2. The predicted octanol–water partition coefficient (Wildman–Crippen LogP) is 2.00. The Balaban J connectivity index is 1.98. The lowest BCUT2D eigenvalue weighted by molar-refractivity contribution is -0.141. The molecule has 0 spiro atoms. The van der Waals surface area contributed by atoms with Crippen LogP contribution in [0.5, 0.6) is 0 Å². The number of carbonyl (C=O) groups is 2. The molecule has 1 aliphatic carbocycles. The summed E-state index contributed by atoms with van der Waals surface area (Å²) < 4.78 is 0. The molecule has 2 fully saturated rings. The van der Waals surface area contributed by atoms with E-state index in [4.69, 9.17) is 0 Å². The Hall–Kier alpha value is -1.16. The predicted molar refractivity (Wildman–Crippen MR) is 74.6 cm³/mol. The van der Waals surface area contributed by atoms with Crippen LogP contribution in [0.15, 0.2) is 12.2 Å². The van der Waals surface area contributed by atoms with Crippen LogP contribution in [0.4, 0.5) is 0 Å². The van der Waals surface area contributed by atoms with Crippen LogP contribution in [0.25, 0.3) is 0 Å². The van der Waals surface area contributed by atoms with Gasteiger partial charge in [-0.3, -0.25) is 14.5 Å². The summed E-state index contributed by atoms with van der Waals surface area (Å²) in [6, 6.07) is -0.202. The molecule has 1 heterocycles. The van der Waals surface area contributed by atoms with Gasteiger partial charge in [0.25, 0.3) is 0 Å². The first-order valence-corrected chi connectivity index (χ1v) is 7.33. The fourth-order valence-electron chi connectivity index (χ4n) is 3.01. The normalized spacial score (nSPS) is 25.7. The summed E-state index contributed by atoms with van der Waals surface area (Å²) in [4.78, 5) is 26.0. The second-order valence-electron chi connectivity index (χ2n) is 5.84. The third kappa shape index (κ3) is 3.44. The van der Waals surface area contributed by atoms with E-state index in [0.29, 0.717) is 13.0 Å². The summed E-state index contributed by atoms with van der Waals surface area (Å²) in [5.41, 5.74) is 0.980. The number of likely N-dealkylation sites (tertiary alicyclic amines) is 1. The van der Waals surface area contributed by atoms with Gasteiger partial charge in [0.1, 0.15) is 0 Å². The van der Waals surface area contributed by atoms with E-state index < -0.39 is 0 Å². The first-order chi connectivity index (χ1) is 9.09. The Morgan fingerprint density at radius 2 is 1.89 bits per heavy atom. The van der Waals surface area contributed by atoms with E-state index in [1.54, 1.807) is 4.90 Å². The second kappa shape index (κ2) is 6.33. The lowest BCUT2D eigenvalue weighted by Gasteiger charge is -2.25. The molecule has 0 bridgehead atoms. The third-order valence-electron chi connectivity index (χ3n) is 4.02. The average molecular weight is 264 g/mol. The Labute approximate surface area is 115 Å². The molecule has 2 amide bonds. The Bertz CT molecular complexity index is 370. The minimum absolute atomic E-state index is 0.00360. The molecule has 106 valence electrons. The maximum absolute atomic E-state index is 12.4. The number of nitrogens with zero attached hydrogens (tertiary/aromatic N) is 1. The molecule has 1 unspecified atom stereocenters. The molecule has 0 aromatic carbocycles. The maximum Gasteiger partial charge on any atom is 0.247 e. The molecule has 1 saturated carbocycles. The van der Waals surface area contributed by atoms with Crippen molar-refractivity contribution in [2.24, 2.45) is 0 Å². The first-order valence-electron chi connectivity index (χ1n) is 7.33. The van der Waals surface area contributed by atoms with Crippen molar-refractivity contribution in [2.75, 3.05) is 6.54 Å². The lowest BCUT2D eigenvalue weighted by atomic mass is 10.1. The molecule has 2 aliphatic rings. The SMILES string of the molecule is C=C(C)CNC1CC(=O)N(C2CCCCCC2)C1=O. The van der Waals surface area contributed by atoms with Crippen LogP contribution in [-0.4, -0.2) is 35.3 Å². The van der Waals surface area contributed by atoms with Gasteiger partial charge in [0.05, 0.1) is 12.5 Å². The molecule has 2 rings (SSSR count). The minimum Gasteiger partial charge on any atom is -0.302 e. The first kappa shape index (κ1) is 14.3. The van der Waals surface area contributed by atoms with Gasteiger partial charge in [0.15, 0.2) is 0 Å². The molecule has 0 aromatic heterocycles. The van der Waals surface area contributed by atoms with Gasteiger partial charge in [-0.1, -0.05) is 37.8 Å². The molecule has 4 heteroatoms. The van der Waals surface area contributed by atoms with E-state index in [9.17, 15) is 9.59 Å². The van der Waals surface area contributed by atoms with E-state index >= 15 is 0 Å². The Morgan fingerprint density at radius 3 is 2.47 bits per heavy atom. The minimum atomic E-state index is -0.340. The van der Waals surface area contributed by atoms with E-state index in [1.165, 1.54) is 12.8 Å². The van der Waals surface area contributed by atoms with Gasteiger partial charge in [-0.05, 0) is 19.8 Å². The van der Waals surface area contributed by atoms with Gasteiger partial charge < -0.3 is 5.32 Å². The number of rotatable bonds is 4. The third-order valence-corrected chi connectivity index (χ3v) is 4.02. The van der Waals surface area contributed by atoms with Crippen molar-refractivity contribution in [3.63, 3.8) is 0 Å². The second-order valence-corrected chi connectivity index (χ2v) is 5.84. The highest BCUT2D eigenvalue weighted by molar-refractivity contribution is 6.05. The van der Waals surface area contributed by atoms with Gasteiger partial charge in [-0.2, -0.15) is 0 Å². The van der Waals surface area contributed by atoms with Gasteiger partial charge in [-0.15, -0.1) is 0 Å². The van der Waals surface area contributed by atoms with Crippen LogP contribution in [-0.2, 0) is 9.59 Å². The van der Waals surface area contributed by atoms with Gasteiger partial charge in [0.2, 0.25) is 11.8 Å². The summed E-state index contributed by atoms with van der Waals surface area (Å²) in [5, 5.41) is 3.13. The summed E-state index contributed by atoms with van der Waals surface area (Å²) >= 11 is 0. The highest BCUT2D eigenvalue weighted by Crippen LogP contribution is 2.26. The van der Waals surface area contributed by atoms with E-state index in [1.807, 2.05) is 6.92 Å². The summed E-state index contributed by atoms with van der Waals surface area (Å²) in [7, 11) is 0. The quantitative estimate of drug-likeness (QED) is 0.480. The molecule has 1 N–H and O–H groups in total. The molecule has 1 saturated heterocycles. The number of nitrogens with one attached hydrogen (secondary N) is 1. The van der Waals surface area contributed by atoms with Gasteiger partial charge in [-0.25, -0.2) is 0 Å². The van der Waals surface area contributed by atoms with Gasteiger partial charge >= 0.3 is 0 Å². The Morgan fingerprint density at radius 1 is 1.26 bits per heavy atom. The van der Waals surface area contributed by atoms with Crippen LogP contribution >= 0.6 is 0 Å². The lowest BCUT2D eigenvalue weighted by Crippen LogP contribution is -2.44. The van der Waals surface area contributed by atoms with Crippen LogP contribution in [0.1, 0.15) is 51.9 Å². The zero-order chi connectivity index (χ0) is 13.8. The number of imide groups is 1. The van der Waals surface area contributed by atoms with Crippen molar-refractivity contribution in [3.8, 4) is 0 Å². The van der Waals surface area contributed by atoms with Crippen molar-refractivity contribution in [3.05, 3.63) is 12.2 Å². The molecule has 1 atom stereocenters. The van der Waals surface area contributed by atoms with Crippen molar-refractivity contribution < 1.29 is 9.59 Å². The largest absolute Gasteiger partial charge is 0.302 e. The fourth-order valence-corrected chi connectivity index (χ4v) is 3.01. The van der Waals surface area contributed by atoms with Crippen LogP contribution < -0.4 is 5.32 Å². The molecule has 0 aromatic rings. The maximum atomic E-state index is 12.4. The highest BCUT2D eigenvalue weighted by Gasteiger charge is 2.41. The number of hydrogen-bond donors (Lipinski definition) is 1. The summed E-state index contributed by atoms with van der Waals surface area (Å²) in [6.45, 7) is 6.32. The smallest absolute Gasteiger partial charge is 0.247 e. The average Bonchev–Trinajstić information content (AvgIpc) is 2.58. The van der Waals surface area contributed by atoms with Crippen LogP contribution in [0.3, 0.4) is 0 Å². The zero-order valence-corrected chi connectivity index (χ0v) is 11.8. The van der Waals surface area contributed by atoms with Crippen molar-refractivity contribution >= 4 is 11.8 Å². The number of hydrogen-bond acceptors (Lipinski definition) is 3. The highest BCUT2D eigenvalue weighted by atomic mass is 16.2. The van der Waals surface area contributed by atoms with E-state index in [0.717, 1.165) is 31.3 Å². The Kier molecular flexibility index (Phi) is 4.75. The topological polar surface area (TPSA) is 49.4 Å². The molecular weight excluding hydrogens is 240 g/mol. The summed E-state index contributed by atoms with van der Waals surface area (Å²) in [5.74, 6) is -0.0331.